The van der Waals surface area contributed by atoms with Crippen LogP contribution >= 0.6 is 0 Å². The Hall–Kier alpha value is -1.84. The van der Waals surface area contributed by atoms with Crippen molar-refractivity contribution in [3.05, 3.63) is 35.4 Å². The van der Waals surface area contributed by atoms with Crippen LogP contribution in [0.5, 0.6) is 0 Å². The summed E-state index contributed by atoms with van der Waals surface area (Å²) < 4.78 is 0. The molecule has 0 saturated heterocycles. The fourth-order valence-electron chi connectivity index (χ4n) is 3.14. The molecule has 2 aliphatic rings. The Labute approximate surface area is 118 Å². The normalized spacial score (nSPS) is 24.2. The second kappa shape index (κ2) is 5.27. The number of amides is 1. The van der Waals surface area contributed by atoms with Crippen LogP contribution in [0.4, 0.5) is 0 Å². The van der Waals surface area contributed by atoms with Gasteiger partial charge in [0.2, 0.25) is 5.91 Å². The van der Waals surface area contributed by atoms with E-state index in [4.69, 9.17) is 5.11 Å². The smallest absolute Gasteiger partial charge is 0.307 e. The number of carboxylic acid groups (broad SMARTS) is 1. The van der Waals surface area contributed by atoms with Gasteiger partial charge in [0.1, 0.15) is 0 Å². The number of benzene rings is 1. The lowest BCUT2D eigenvalue weighted by atomic mass is 10.0. The Morgan fingerprint density at radius 2 is 1.80 bits per heavy atom. The van der Waals surface area contributed by atoms with Gasteiger partial charge in [-0.25, -0.2) is 0 Å². The number of hydrogen-bond acceptors (Lipinski definition) is 2. The minimum atomic E-state index is -0.851. The van der Waals surface area contributed by atoms with E-state index in [0.29, 0.717) is 18.9 Å². The van der Waals surface area contributed by atoms with E-state index in [1.165, 1.54) is 11.1 Å². The standard InChI is InChI=1S/C16H19NO3/c18-15(13-9-14(13)16(19)20)17-6-5-10-7-11-3-1-2-4-12(11)8-10/h1-4,10,13-14H,5-9H2,(H,17,18)(H,19,20)/t13-,14+/m0/s1. The number of carbonyl (C=O) groups is 2. The zero-order valence-corrected chi connectivity index (χ0v) is 11.3. The Kier molecular flexibility index (Phi) is 3.47. The van der Waals surface area contributed by atoms with Crippen LogP contribution in [0.2, 0.25) is 0 Å². The Morgan fingerprint density at radius 1 is 1.15 bits per heavy atom. The van der Waals surface area contributed by atoms with Gasteiger partial charge in [-0.3, -0.25) is 9.59 Å². The van der Waals surface area contributed by atoms with E-state index >= 15 is 0 Å². The first kappa shape index (κ1) is 13.2. The highest BCUT2D eigenvalue weighted by molar-refractivity contribution is 5.89. The number of fused-ring (bicyclic) bond motifs is 1. The second-order valence-electron chi connectivity index (χ2n) is 5.91. The van der Waals surface area contributed by atoms with E-state index in [0.717, 1.165) is 19.3 Å². The van der Waals surface area contributed by atoms with E-state index in [1.54, 1.807) is 0 Å². The molecule has 0 aliphatic heterocycles. The molecular formula is C16H19NO3. The van der Waals surface area contributed by atoms with Crippen molar-refractivity contribution in [2.75, 3.05) is 6.54 Å². The van der Waals surface area contributed by atoms with Crippen molar-refractivity contribution in [2.24, 2.45) is 17.8 Å². The van der Waals surface area contributed by atoms with Gasteiger partial charge in [0.15, 0.2) is 0 Å². The molecule has 2 N–H and O–H groups in total. The first-order valence-corrected chi connectivity index (χ1v) is 7.22. The van der Waals surface area contributed by atoms with Crippen molar-refractivity contribution in [3.63, 3.8) is 0 Å². The fourth-order valence-corrected chi connectivity index (χ4v) is 3.14. The largest absolute Gasteiger partial charge is 0.481 e. The summed E-state index contributed by atoms with van der Waals surface area (Å²) in [6.45, 7) is 0.653. The fraction of sp³-hybridized carbons (Fsp3) is 0.500. The molecular weight excluding hydrogens is 254 g/mol. The molecule has 0 bridgehead atoms. The monoisotopic (exact) mass is 273 g/mol. The quantitative estimate of drug-likeness (QED) is 0.857. The first-order chi connectivity index (χ1) is 9.65. The van der Waals surface area contributed by atoms with Crippen molar-refractivity contribution in [1.82, 2.24) is 5.32 Å². The molecule has 4 heteroatoms. The Morgan fingerprint density at radius 3 is 2.35 bits per heavy atom. The van der Waals surface area contributed by atoms with Gasteiger partial charge < -0.3 is 10.4 Å². The molecule has 4 nitrogen and oxygen atoms in total. The van der Waals surface area contributed by atoms with Gasteiger partial charge in [-0.1, -0.05) is 24.3 Å². The van der Waals surface area contributed by atoms with Crippen molar-refractivity contribution in [1.29, 1.82) is 0 Å². The maximum atomic E-state index is 11.7. The molecule has 2 atom stereocenters. The van der Waals surface area contributed by atoms with Crippen LogP contribution in [0, 0.1) is 17.8 Å². The van der Waals surface area contributed by atoms with Gasteiger partial charge in [-0.2, -0.15) is 0 Å². The summed E-state index contributed by atoms with van der Waals surface area (Å²) >= 11 is 0. The van der Waals surface area contributed by atoms with Crippen LogP contribution in [0.1, 0.15) is 24.0 Å². The van der Waals surface area contributed by atoms with Crippen molar-refractivity contribution >= 4 is 11.9 Å². The average Bonchev–Trinajstić information content (AvgIpc) is 3.13. The molecule has 3 rings (SSSR count). The summed E-state index contributed by atoms with van der Waals surface area (Å²) in [5, 5.41) is 11.7. The van der Waals surface area contributed by atoms with E-state index in [1.807, 2.05) is 0 Å². The van der Waals surface area contributed by atoms with Crippen LogP contribution < -0.4 is 5.32 Å². The molecule has 1 aromatic rings. The maximum absolute atomic E-state index is 11.7. The minimum absolute atomic E-state index is 0.0899. The third kappa shape index (κ3) is 2.69. The van der Waals surface area contributed by atoms with E-state index < -0.39 is 11.9 Å². The molecule has 20 heavy (non-hydrogen) atoms. The molecule has 0 spiro atoms. The van der Waals surface area contributed by atoms with Gasteiger partial charge in [-0.05, 0) is 42.7 Å². The van der Waals surface area contributed by atoms with Gasteiger partial charge >= 0.3 is 5.97 Å². The number of carboxylic acids is 1. The highest BCUT2D eigenvalue weighted by atomic mass is 16.4. The van der Waals surface area contributed by atoms with Crippen LogP contribution in [0.25, 0.3) is 0 Å². The molecule has 2 aliphatic carbocycles. The van der Waals surface area contributed by atoms with Crippen molar-refractivity contribution in [3.8, 4) is 0 Å². The summed E-state index contributed by atoms with van der Waals surface area (Å²) in [7, 11) is 0. The second-order valence-corrected chi connectivity index (χ2v) is 5.91. The number of carbonyl (C=O) groups excluding carboxylic acids is 1. The van der Waals surface area contributed by atoms with Gasteiger partial charge in [0.25, 0.3) is 0 Å². The topological polar surface area (TPSA) is 66.4 Å². The third-order valence-corrected chi connectivity index (χ3v) is 4.43. The predicted octanol–water partition coefficient (Wildman–Crippen LogP) is 1.63. The lowest BCUT2D eigenvalue weighted by Crippen LogP contribution is -2.28. The Bertz CT molecular complexity index is 515. The van der Waals surface area contributed by atoms with E-state index in [2.05, 4.69) is 29.6 Å². The number of rotatable bonds is 5. The molecule has 1 saturated carbocycles. The van der Waals surface area contributed by atoms with Gasteiger partial charge in [0.05, 0.1) is 11.8 Å². The minimum Gasteiger partial charge on any atom is -0.481 e. The van der Waals surface area contributed by atoms with Gasteiger partial charge in [0, 0.05) is 6.54 Å². The highest BCUT2D eigenvalue weighted by Crippen LogP contribution is 2.38. The molecule has 0 unspecified atom stereocenters. The van der Waals surface area contributed by atoms with Crippen LogP contribution in [0.3, 0.4) is 0 Å². The highest BCUT2D eigenvalue weighted by Gasteiger charge is 2.48. The number of nitrogens with one attached hydrogen (secondary N) is 1. The number of hydrogen-bond donors (Lipinski definition) is 2. The maximum Gasteiger partial charge on any atom is 0.307 e. The van der Waals surface area contributed by atoms with E-state index in [-0.39, 0.29) is 11.8 Å². The van der Waals surface area contributed by atoms with Crippen molar-refractivity contribution in [2.45, 2.75) is 25.7 Å². The lowest BCUT2D eigenvalue weighted by molar-refractivity contribution is -0.140. The third-order valence-electron chi connectivity index (χ3n) is 4.43. The zero-order chi connectivity index (χ0) is 14.1. The summed E-state index contributed by atoms with van der Waals surface area (Å²) in [6.07, 6.45) is 3.64. The summed E-state index contributed by atoms with van der Waals surface area (Å²) in [5.74, 6) is -1.09. The molecule has 1 fully saturated rings. The van der Waals surface area contributed by atoms with Crippen LogP contribution in [-0.2, 0) is 22.4 Å². The summed E-state index contributed by atoms with van der Waals surface area (Å²) in [4.78, 5) is 22.4. The molecule has 0 radical (unpaired) electrons. The number of aliphatic carboxylic acids is 1. The molecule has 1 amide bonds. The summed E-state index contributed by atoms with van der Waals surface area (Å²) in [6, 6.07) is 8.50. The molecule has 0 heterocycles. The van der Waals surface area contributed by atoms with Crippen LogP contribution in [0.15, 0.2) is 24.3 Å². The SMILES string of the molecule is O=C(NCCC1Cc2ccccc2C1)[C@H]1C[C@H]1C(=O)O. The first-order valence-electron chi connectivity index (χ1n) is 7.22. The molecule has 1 aromatic carbocycles. The van der Waals surface area contributed by atoms with Crippen LogP contribution in [-0.4, -0.2) is 23.5 Å². The predicted molar refractivity (Wildman–Crippen MR) is 74.2 cm³/mol. The van der Waals surface area contributed by atoms with Crippen molar-refractivity contribution < 1.29 is 14.7 Å². The van der Waals surface area contributed by atoms with E-state index in [9.17, 15) is 9.59 Å². The molecule has 106 valence electrons. The zero-order valence-electron chi connectivity index (χ0n) is 11.3. The summed E-state index contributed by atoms with van der Waals surface area (Å²) in [5.41, 5.74) is 2.86. The lowest BCUT2D eigenvalue weighted by Gasteiger charge is -2.09. The Balaban J connectivity index is 1.40. The average molecular weight is 273 g/mol. The molecule has 0 aromatic heterocycles. The van der Waals surface area contributed by atoms with Gasteiger partial charge in [-0.15, -0.1) is 0 Å².